The lowest BCUT2D eigenvalue weighted by molar-refractivity contribution is 0.354. The molecular formula is C35H60O6Si3. The van der Waals surface area contributed by atoms with Gasteiger partial charge < -0.3 is 27.5 Å². The molecular weight excluding hydrogens is 601 g/mol. The average molecular weight is 661 g/mol. The smallest absolute Gasteiger partial charge is 0.250 e. The van der Waals surface area contributed by atoms with E-state index in [0.717, 1.165) is 16.9 Å². The second kappa shape index (κ2) is 13.2. The topological polar surface area (TPSA) is 55.4 Å². The minimum atomic E-state index is -2.26. The summed E-state index contributed by atoms with van der Waals surface area (Å²) in [6.45, 7) is 33.6. The Morgan fingerprint density at radius 1 is 0.477 bits per heavy atom. The second-order valence-electron chi connectivity index (χ2n) is 16.2. The van der Waals surface area contributed by atoms with Crippen LogP contribution in [0.4, 0.5) is 0 Å². The summed E-state index contributed by atoms with van der Waals surface area (Å²) >= 11 is 0. The third kappa shape index (κ3) is 8.46. The highest BCUT2D eigenvalue weighted by Crippen LogP contribution is 2.50. The van der Waals surface area contributed by atoms with E-state index in [1.165, 1.54) is 0 Å². The highest BCUT2D eigenvalue weighted by atomic mass is 28.4. The van der Waals surface area contributed by atoms with E-state index in [1.807, 2.05) is 24.3 Å². The number of benzene rings is 2. The Kier molecular flexibility index (Phi) is 11.3. The molecule has 0 fully saturated rings. The first kappa shape index (κ1) is 37.8. The van der Waals surface area contributed by atoms with Gasteiger partial charge in [0.15, 0.2) is 34.5 Å². The molecule has 2 aromatic rings. The van der Waals surface area contributed by atoms with Crippen molar-refractivity contribution >= 4 is 37.1 Å². The molecule has 0 saturated heterocycles. The molecule has 0 aliphatic carbocycles. The molecule has 2 aromatic carbocycles. The normalized spacial score (nSPS) is 13.6. The monoisotopic (exact) mass is 660 g/mol. The van der Waals surface area contributed by atoms with Gasteiger partial charge in [0.25, 0.3) is 25.0 Å². The first-order valence-corrected chi connectivity index (χ1v) is 24.3. The van der Waals surface area contributed by atoms with E-state index in [-0.39, 0.29) is 15.1 Å². The molecule has 0 bridgehead atoms. The maximum Gasteiger partial charge on any atom is 0.250 e. The number of methoxy groups -OCH3 is 3. The van der Waals surface area contributed by atoms with E-state index in [1.54, 1.807) is 21.3 Å². The fraction of sp³-hybridized carbons (Fsp3) is 0.600. The van der Waals surface area contributed by atoms with Crippen LogP contribution in [0.5, 0.6) is 34.5 Å². The third-order valence-electron chi connectivity index (χ3n) is 9.75. The Morgan fingerprint density at radius 3 is 1.20 bits per heavy atom. The van der Waals surface area contributed by atoms with Crippen LogP contribution in [0.3, 0.4) is 0 Å². The van der Waals surface area contributed by atoms with Crippen LogP contribution < -0.4 is 27.5 Å². The lowest BCUT2D eigenvalue weighted by Crippen LogP contribution is -2.46. The fourth-order valence-corrected chi connectivity index (χ4v) is 6.62. The predicted molar refractivity (Wildman–Crippen MR) is 195 cm³/mol. The van der Waals surface area contributed by atoms with Gasteiger partial charge in [-0.1, -0.05) is 74.5 Å². The van der Waals surface area contributed by atoms with Gasteiger partial charge in [0, 0.05) is 5.56 Å². The summed E-state index contributed by atoms with van der Waals surface area (Å²) in [4.78, 5) is 0. The average Bonchev–Trinajstić information content (AvgIpc) is 2.86. The summed E-state index contributed by atoms with van der Waals surface area (Å²) in [6.07, 6.45) is 4.13. The van der Waals surface area contributed by atoms with Crippen molar-refractivity contribution in [1.82, 2.24) is 0 Å². The minimum absolute atomic E-state index is 0.000560. The molecule has 9 heteroatoms. The molecule has 0 aromatic heterocycles. The van der Waals surface area contributed by atoms with Gasteiger partial charge in [0.2, 0.25) is 0 Å². The molecule has 0 spiro atoms. The molecule has 0 aliphatic rings. The summed E-state index contributed by atoms with van der Waals surface area (Å²) in [6, 6.07) is 8.00. The van der Waals surface area contributed by atoms with Crippen LogP contribution in [-0.4, -0.2) is 46.3 Å². The summed E-state index contributed by atoms with van der Waals surface area (Å²) in [7, 11) is -1.61. The van der Waals surface area contributed by atoms with Gasteiger partial charge in [-0.15, -0.1) is 0 Å². The number of ether oxygens (including phenoxy) is 3. The van der Waals surface area contributed by atoms with Crippen molar-refractivity contribution in [1.29, 1.82) is 0 Å². The largest absolute Gasteiger partial charge is 0.541 e. The van der Waals surface area contributed by atoms with Crippen molar-refractivity contribution < 1.29 is 27.5 Å². The molecule has 2 rings (SSSR count). The quantitative estimate of drug-likeness (QED) is 0.177. The van der Waals surface area contributed by atoms with E-state index in [2.05, 4.69) is 114 Å². The van der Waals surface area contributed by atoms with Gasteiger partial charge in [0.05, 0.1) is 21.3 Å². The maximum absolute atomic E-state index is 7.05. The summed E-state index contributed by atoms with van der Waals surface area (Å²) < 4.78 is 38.2. The predicted octanol–water partition coefficient (Wildman–Crippen LogP) is 11.0. The first-order chi connectivity index (χ1) is 19.8. The van der Waals surface area contributed by atoms with Gasteiger partial charge in [0.1, 0.15) is 0 Å². The molecule has 0 heterocycles. The van der Waals surface area contributed by atoms with E-state index in [4.69, 9.17) is 27.5 Å². The van der Waals surface area contributed by atoms with Gasteiger partial charge in [-0.2, -0.15) is 0 Å². The summed E-state index contributed by atoms with van der Waals surface area (Å²) in [5, 5.41) is 0.0200. The molecule has 0 aliphatic heterocycles. The summed E-state index contributed by atoms with van der Waals surface area (Å²) in [5.74, 6) is 4.02. The lowest BCUT2D eigenvalue weighted by atomic mass is 10.1. The zero-order valence-electron chi connectivity index (χ0n) is 30.9. The Hall–Kier alpha value is -2.37. The van der Waals surface area contributed by atoms with Crippen molar-refractivity contribution in [3.05, 3.63) is 35.4 Å². The van der Waals surface area contributed by atoms with E-state index >= 15 is 0 Å². The van der Waals surface area contributed by atoms with Crippen LogP contribution in [0.15, 0.2) is 24.3 Å². The highest BCUT2D eigenvalue weighted by molar-refractivity contribution is 6.76. The van der Waals surface area contributed by atoms with E-state index in [0.29, 0.717) is 28.7 Å². The zero-order chi connectivity index (χ0) is 34.1. The lowest BCUT2D eigenvalue weighted by Gasteiger charge is -2.40. The standard InChI is InChI=1S/C35H60O6Si3/c1-33(2,3)42(13,14)39-30-26(21-22-27(36-10)32(30)41-44(17,18)35(7,8)9)20-19-25-23-28(37-11)31(29(24-25)38-12)40-43(15,16)34(4,5)6/h19-24H,1-18H3/b20-19+. The number of rotatable bonds is 11. The van der Waals surface area contributed by atoms with Crippen LogP contribution >= 0.6 is 0 Å². The number of hydrogen-bond donors (Lipinski definition) is 0. The Bertz CT molecular complexity index is 1300. The molecule has 248 valence electrons. The number of hydrogen-bond acceptors (Lipinski definition) is 6. The van der Waals surface area contributed by atoms with Crippen LogP contribution in [0.25, 0.3) is 12.2 Å². The van der Waals surface area contributed by atoms with Crippen molar-refractivity contribution in [2.24, 2.45) is 0 Å². The Balaban J connectivity index is 2.77. The van der Waals surface area contributed by atoms with Gasteiger partial charge >= 0.3 is 0 Å². The molecule has 0 N–H and O–H groups in total. The van der Waals surface area contributed by atoms with Gasteiger partial charge in [-0.3, -0.25) is 0 Å². The van der Waals surface area contributed by atoms with Crippen LogP contribution in [0.1, 0.15) is 73.4 Å². The van der Waals surface area contributed by atoms with Crippen LogP contribution in [-0.2, 0) is 0 Å². The second-order valence-corrected chi connectivity index (χ2v) is 30.4. The minimum Gasteiger partial charge on any atom is -0.541 e. The molecule has 0 unspecified atom stereocenters. The molecule has 0 radical (unpaired) electrons. The third-order valence-corrected chi connectivity index (χ3v) is 22.7. The molecule has 0 amide bonds. The SMILES string of the molecule is COc1cc(/C=C/c2ccc(OC)c(O[Si](C)(C)C(C)(C)C)c2O[Si](C)(C)C(C)(C)C)cc(OC)c1O[Si](C)(C)C(C)(C)C. The van der Waals surface area contributed by atoms with Crippen molar-refractivity contribution in [3.63, 3.8) is 0 Å². The molecule has 0 saturated carbocycles. The highest BCUT2D eigenvalue weighted by Gasteiger charge is 2.44. The molecule has 6 nitrogen and oxygen atoms in total. The molecule has 44 heavy (non-hydrogen) atoms. The Labute approximate surface area is 271 Å². The van der Waals surface area contributed by atoms with Crippen LogP contribution in [0, 0.1) is 0 Å². The van der Waals surface area contributed by atoms with E-state index < -0.39 is 25.0 Å². The van der Waals surface area contributed by atoms with Crippen molar-refractivity contribution in [3.8, 4) is 34.5 Å². The molecule has 0 atom stereocenters. The first-order valence-electron chi connectivity index (χ1n) is 15.5. The van der Waals surface area contributed by atoms with Gasteiger partial charge in [-0.25, -0.2) is 0 Å². The van der Waals surface area contributed by atoms with Crippen molar-refractivity contribution in [2.75, 3.05) is 21.3 Å². The van der Waals surface area contributed by atoms with Gasteiger partial charge in [-0.05, 0) is 84.2 Å². The Morgan fingerprint density at radius 2 is 0.841 bits per heavy atom. The summed E-state index contributed by atoms with van der Waals surface area (Å²) in [5.41, 5.74) is 1.84. The fourth-order valence-electron chi connectivity index (χ4n) is 3.56. The maximum atomic E-state index is 7.05. The van der Waals surface area contributed by atoms with Crippen molar-refractivity contribution in [2.45, 2.75) is 117 Å². The van der Waals surface area contributed by atoms with E-state index in [9.17, 15) is 0 Å². The zero-order valence-corrected chi connectivity index (χ0v) is 33.9. The van der Waals surface area contributed by atoms with Crippen LogP contribution in [0.2, 0.25) is 54.4 Å².